The molecule has 0 saturated carbocycles. The summed E-state index contributed by atoms with van der Waals surface area (Å²) in [4.78, 5) is 10.5. The maximum Gasteiger partial charge on any atom is 0.269 e. The largest absolute Gasteiger partial charge is 0.363 e. The van der Waals surface area contributed by atoms with Gasteiger partial charge in [-0.3, -0.25) is 10.1 Å². The number of fused-ring (bicyclic) bond motifs is 5. The van der Waals surface area contributed by atoms with Crippen LogP contribution in [0.25, 0.3) is 0 Å². The minimum absolute atomic E-state index is 0.0828. The second kappa shape index (κ2) is 4.77. The summed E-state index contributed by atoms with van der Waals surface area (Å²) in [6.45, 7) is 8.08. The highest BCUT2D eigenvalue weighted by Gasteiger charge is 2.68. The van der Waals surface area contributed by atoms with E-state index in [9.17, 15) is 10.1 Å². The lowest BCUT2D eigenvalue weighted by Crippen LogP contribution is -2.46. The number of hydrogen-bond acceptors (Lipinski definition) is 5. The summed E-state index contributed by atoms with van der Waals surface area (Å²) in [6, 6.07) is 6.88. The number of nitro benzene ring substituents is 1. The SMILES string of the molecule is CC1(C)OC2C(O1)C1(C)CC(c3ccc([N+](=O)[O-])cc3)CC2(C)O1. The van der Waals surface area contributed by atoms with Gasteiger partial charge in [0.1, 0.15) is 12.2 Å². The predicted molar refractivity (Wildman–Crippen MR) is 86.8 cm³/mol. The minimum Gasteiger partial charge on any atom is -0.363 e. The molecule has 3 saturated heterocycles. The van der Waals surface area contributed by atoms with E-state index in [0.29, 0.717) is 0 Å². The maximum atomic E-state index is 10.9. The van der Waals surface area contributed by atoms with E-state index in [-0.39, 0.29) is 28.7 Å². The van der Waals surface area contributed by atoms with Crippen molar-refractivity contribution in [2.45, 2.75) is 75.7 Å². The van der Waals surface area contributed by atoms with Crippen LogP contribution < -0.4 is 0 Å². The van der Waals surface area contributed by atoms with Gasteiger partial charge in [-0.25, -0.2) is 0 Å². The molecule has 3 heterocycles. The Kier molecular flexibility index (Phi) is 3.18. The van der Waals surface area contributed by atoms with E-state index in [2.05, 4.69) is 13.8 Å². The summed E-state index contributed by atoms with van der Waals surface area (Å²) in [5.74, 6) is -0.308. The zero-order valence-electron chi connectivity index (χ0n) is 14.4. The molecule has 0 aliphatic carbocycles. The monoisotopic (exact) mass is 333 g/mol. The van der Waals surface area contributed by atoms with Gasteiger partial charge in [-0.15, -0.1) is 0 Å². The predicted octanol–water partition coefficient (Wildman–Crippen LogP) is 3.54. The fourth-order valence-corrected chi connectivity index (χ4v) is 4.77. The number of ether oxygens (including phenoxy) is 3. The zero-order valence-corrected chi connectivity index (χ0v) is 14.4. The van der Waals surface area contributed by atoms with Crippen molar-refractivity contribution in [3.8, 4) is 0 Å². The first-order valence-corrected chi connectivity index (χ1v) is 8.42. The number of hydrogen-bond donors (Lipinski definition) is 0. The van der Waals surface area contributed by atoms with E-state index in [0.717, 1.165) is 18.4 Å². The highest BCUT2D eigenvalue weighted by atomic mass is 16.8. The molecule has 1 aromatic rings. The van der Waals surface area contributed by atoms with Crippen molar-refractivity contribution in [1.29, 1.82) is 0 Å². The third kappa shape index (κ3) is 2.28. The van der Waals surface area contributed by atoms with Crippen molar-refractivity contribution >= 4 is 5.69 Å². The summed E-state index contributed by atoms with van der Waals surface area (Å²) in [6.07, 6.45) is 1.48. The average molecular weight is 333 g/mol. The van der Waals surface area contributed by atoms with Gasteiger partial charge in [0.15, 0.2) is 5.79 Å². The number of nitrogens with zero attached hydrogens (tertiary/aromatic N) is 1. The van der Waals surface area contributed by atoms with Gasteiger partial charge in [-0.05, 0) is 52.0 Å². The number of nitro groups is 1. The molecule has 1 aromatic carbocycles. The highest BCUT2D eigenvalue weighted by molar-refractivity contribution is 5.35. The molecule has 130 valence electrons. The third-order valence-corrected chi connectivity index (χ3v) is 5.65. The van der Waals surface area contributed by atoms with Gasteiger partial charge in [0.25, 0.3) is 5.69 Å². The molecular formula is C18H23NO5. The van der Waals surface area contributed by atoms with Crippen molar-refractivity contribution in [1.82, 2.24) is 0 Å². The molecule has 3 aliphatic rings. The third-order valence-electron chi connectivity index (χ3n) is 5.65. The molecule has 0 radical (unpaired) electrons. The summed E-state index contributed by atoms with van der Waals surface area (Å²) >= 11 is 0. The summed E-state index contributed by atoms with van der Waals surface area (Å²) in [7, 11) is 0. The molecule has 2 bridgehead atoms. The van der Waals surface area contributed by atoms with Crippen LogP contribution in [0.1, 0.15) is 52.0 Å². The fourth-order valence-electron chi connectivity index (χ4n) is 4.77. The molecule has 24 heavy (non-hydrogen) atoms. The van der Waals surface area contributed by atoms with Crippen LogP contribution >= 0.6 is 0 Å². The molecule has 4 rings (SSSR count). The molecule has 3 fully saturated rings. The molecule has 0 aromatic heterocycles. The number of non-ortho nitro benzene ring substituents is 1. The van der Waals surface area contributed by atoms with Crippen LogP contribution in [0, 0.1) is 10.1 Å². The van der Waals surface area contributed by atoms with Gasteiger partial charge in [-0.1, -0.05) is 12.1 Å². The fraction of sp³-hybridized carbons (Fsp3) is 0.667. The second-order valence-corrected chi connectivity index (χ2v) is 8.16. The second-order valence-electron chi connectivity index (χ2n) is 8.16. The summed E-state index contributed by atoms with van der Waals surface area (Å²) in [5.41, 5.74) is 0.424. The van der Waals surface area contributed by atoms with E-state index in [1.165, 1.54) is 0 Å². The molecule has 4 atom stereocenters. The van der Waals surface area contributed by atoms with E-state index in [1.807, 2.05) is 26.0 Å². The van der Waals surface area contributed by atoms with Crippen molar-refractivity contribution in [2.75, 3.05) is 0 Å². The number of rotatable bonds is 2. The van der Waals surface area contributed by atoms with E-state index in [1.54, 1.807) is 12.1 Å². The van der Waals surface area contributed by atoms with E-state index in [4.69, 9.17) is 14.2 Å². The van der Waals surface area contributed by atoms with Crippen LogP contribution in [0.3, 0.4) is 0 Å². The molecule has 0 N–H and O–H groups in total. The first-order valence-electron chi connectivity index (χ1n) is 8.42. The van der Waals surface area contributed by atoms with Crippen molar-refractivity contribution in [3.63, 3.8) is 0 Å². The Morgan fingerprint density at radius 3 is 1.96 bits per heavy atom. The van der Waals surface area contributed by atoms with Crippen LogP contribution in [0.5, 0.6) is 0 Å². The molecule has 6 nitrogen and oxygen atoms in total. The lowest BCUT2D eigenvalue weighted by Gasteiger charge is -2.43. The molecular weight excluding hydrogens is 310 g/mol. The van der Waals surface area contributed by atoms with Gasteiger partial charge in [0.05, 0.1) is 16.1 Å². The Morgan fingerprint density at radius 2 is 1.50 bits per heavy atom. The summed E-state index contributed by atoms with van der Waals surface area (Å²) in [5, 5.41) is 10.9. The lowest BCUT2D eigenvalue weighted by molar-refractivity contribution is -0.384. The van der Waals surface area contributed by atoms with Crippen LogP contribution in [0.15, 0.2) is 24.3 Å². The topological polar surface area (TPSA) is 70.8 Å². The van der Waals surface area contributed by atoms with Crippen LogP contribution in [-0.4, -0.2) is 34.1 Å². The molecule has 4 unspecified atom stereocenters. The van der Waals surface area contributed by atoms with Gasteiger partial charge in [-0.2, -0.15) is 0 Å². The van der Waals surface area contributed by atoms with Gasteiger partial charge in [0, 0.05) is 12.1 Å². The van der Waals surface area contributed by atoms with Crippen LogP contribution in [-0.2, 0) is 14.2 Å². The van der Waals surface area contributed by atoms with Crippen molar-refractivity contribution < 1.29 is 19.1 Å². The Hall–Kier alpha value is -1.50. The first-order chi connectivity index (χ1) is 11.1. The van der Waals surface area contributed by atoms with Crippen molar-refractivity contribution in [3.05, 3.63) is 39.9 Å². The minimum atomic E-state index is -0.582. The normalized spacial score (nSPS) is 42.8. The smallest absolute Gasteiger partial charge is 0.269 e. The summed E-state index contributed by atoms with van der Waals surface area (Å²) < 4.78 is 18.7. The molecule has 0 spiro atoms. The Balaban J connectivity index is 1.64. The molecule has 3 aliphatic heterocycles. The van der Waals surface area contributed by atoms with Crippen LogP contribution in [0.4, 0.5) is 5.69 Å². The quantitative estimate of drug-likeness (QED) is 0.611. The Bertz CT molecular complexity index is 659. The molecule has 0 amide bonds. The maximum absolute atomic E-state index is 10.9. The van der Waals surface area contributed by atoms with Gasteiger partial charge >= 0.3 is 0 Å². The average Bonchev–Trinajstić information content (AvgIpc) is 2.89. The Morgan fingerprint density at radius 1 is 1.00 bits per heavy atom. The van der Waals surface area contributed by atoms with E-state index < -0.39 is 17.0 Å². The van der Waals surface area contributed by atoms with Gasteiger partial charge in [0.2, 0.25) is 0 Å². The van der Waals surface area contributed by atoms with E-state index >= 15 is 0 Å². The Labute approximate surface area is 141 Å². The zero-order chi connectivity index (χ0) is 17.3. The number of benzene rings is 1. The first kappa shape index (κ1) is 16.0. The standard InChI is InChI=1S/C18H23NO5/c1-16(2)22-14-15(23-16)18(4)10-12(9-17(14,3)24-18)11-5-7-13(8-6-11)19(20)21/h5-8,12,14-15H,9-10H2,1-4H3. The van der Waals surface area contributed by atoms with Gasteiger partial charge < -0.3 is 14.2 Å². The lowest BCUT2D eigenvalue weighted by atomic mass is 9.80. The molecule has 6 heteroatoms. The van der Waals surface area contributed by atoms with Crippen molar-refractivity contribution in [2.24, 2.45) is 0 Å². The highest BCUT2D eigenvalue weighted by Crippen LogP contribution is 2.58. The van der Waals surface area contributed by atoms with Crippen LogP contribution in [0.2, 0.25) is 0 Å².